The maximum absolute atomic E-state index is 12.8. The summed E-state index contributed by atoms with van der Waals surface area (Å²) in [5, 5.41) is 2.70. The third kappa shape index (κ3) is 6.99. The fraction of sp³-hybridized carbons (Fsp3) is 0.375. The molecule has 1 aromatic carbocycles. The molecule has 5 nitrogen and oxygen atoms in total. The number of hydrogen-bond donors (Lipinski definition) is 1. The predicted octanol–water partition coefficient (Wildman–Crippen LogP) is 1.45. The number of carbonyl (C=O) groups is 2. The van der Waals surface area contributed by atoms with E-state index < -0.39 is 0 Å². The SMILES string of the molecule is COCCCNC(=O)CN(C)C(=O)/C=C/c1ccc(F)cc1. The molecule has 0 bridgehead atoms. The van der Waals surface area contributed by atoms with Crippen LogP contribution in [0.4, 0.5) is 4.39 Å². The summed E-state index contributed by atoms with van der Waals surface area (Å²) in [5.41, 5.74) is 0.715. The van der Waals surface area contributed by atoms with Crippen molar-refractivity contribution in [3.05, 3.63) is 41.7 Å². The molecule has 0 aliphatic heterocycles. The summed E-state index contributed by atoms with van der Waals surface area (Å²) in [4.78, 5) is 24.8. The Balaban J connectivity index is 2.38. The lowest BCUT2D eigenvalue weighted by atomic mass is 10.2. The summed E-state index contributed by atoms with van der Waals surface area (Å²) in [6.07, 6.45) is 3.66. The molecule has 2 amide bonds. The summed E-state index contributed by atoms with van der Waals surface area (Å²) in [6, 6.07) is 5.78. The van der Waals surface area contributed by atoms with E-state index in [-0.39, 0.29) is 24.2 Å². The number of carbonyl (C=O) groups excluding carboxylic acids is 2. The first-order valence-corrected chi connectivity index (χ1v) is 6.97. The van der Waals surface area contributed by atoms with Crippen LogP contribution >= 0.6 is 0 Å². The first-order valence-electron chi connectivity index (χ1n) is 6.97. The minimum atomic E-state index is -0.328. The van der Waals surface area contributed by atoms with Gasteiger partial charge < -0.3 is 15.0 Å². The number of halogens is 1. The highest BCUT2D eigenvalue weighted by Crippen LogP contribution is 2.04. The van der Waals surface area contributed by atoms with Gasteiger partial charge in [0.25, 0.3) is 0 Å². The number of nitrogens with one attached hydrogen (secondary N) is 1. The van der Waals surface area contributed by atoms with Crippen LogP contribution in [0.25, 0.3) is 6.08 Å². The van der Waals surface area contributed by atoms with Crippen molar-refractivity contribution >= 4 is 17.9 Å². The molecule has 1 rings (SSSR count). The van der Waals surface area contributed by atoms with Crippen LogP contribution in [0.2, 0.25) is 0 Å². The Kier molecular flexibility index (Phi) is 7.85. The van der Waals surface area contributed by atoms with E-state index in [0.717, 1.165) is 6.42 Å². The smallest absolute Gasteiger partial charge is 0.246 e. The molecular formula is C16H21FN2O3. The number of likely N-dealkylation sites (N-methyl/N-ethyl adjacent to an activating group) is 1. The molecule has 0 aliphatic carbocycles. The summed E-state index contributed by atoms with van der Waals surface area (Å²) in [7, 11) is 3.15. The highest BCUT2D eigenvalue weighted by atomic mass is 19.1. The second-order valence-electron chi connectivity index (χ2n) is 4.78. The molecule has 0 saturated heterocycles. The van der Waals surface area contributed by atoms with Crippen molar-refractivity contribution in [2.24, 2.45) is 0 Å². The molecule has 0 heterocycles. The van der Waals surface area contributed by atoms with Gasteiger partial charge in [-0.05, 0) is 30.2 Å². The molecule has 0 radical (unpaired) electrons. The molecule has 22 heavy (non-hydrogen) atoms. The average molecular weight is 308 g/mol. The number of benzene rings is 1. The highest BCUT2D eigenvalue weighted by molar-refractivity contribution is 5.94. The summed E-state index contributed by atoms with van der Waals surface area (Å²) in [6.45, 7) is 1.08. The van der Waals surface area contributed by atoms with Gasteiger partial charge in [-0.1, -0.05) is 12.1 Å². The number of hydrogen-bond acceptors (Lipinski definition) is 3. The Morgan fingerprint density at radius 2 is 2.00 bits per heavy atom. The fourth-order valence-electron chi connectivity index (χ4n) is 1.66. The number of nitrogens with zero attached hydrogens (tertiary/aromatic N) is 1. The van der Waals surface area contributed by atoms with Gasteiger partial charge in [0.2, 0.25) is 11.8 Å². The first kappa shape index (κ1) is 17.8. The normalized spacial score (nSPS) is 10.7. The second-order valence-corrected chi connectivity index (χ2v) is 4.78. The van der Waals surface area contributed by atoms with Crippen LogP contribution in [0.15, 0.2) is 30.3 Å². The molecule has 0 spiro atoms. The molecule has 1 aromatic rings. The lowest BCUT2D eigenvalue weighted by molar-refractivity contribution is -0.131. The number of ether oxygens (including phenoxy) is 1. The van der Waals surface area contributed by atoms with Crippen molar-refractivity contribution in [3.63, 3.8) is 0 Å². The van der Waals surface area contributed by atoms with Crippen LogP contribution in [0, 0.1) is 5.82 Å². The molecule has 1 N–H and O–H groups in total. The van der Waals surface area contributed by atoms with Crippen molar-refractivity contribution in [2.75, 3.05) is 33.9 Å². The van der Waals surface area contributed by atoms with Crippen LogP contribution in [-0.2, 0) is 14.3 Å². The number of rotatable bonds is 8. The van der Waals surface area contributed by atoms with Crippen LogP contribution < -0.4 is 5.32 Å². The van der Waals surface area contributed by atoms with E-state index in [1.54, 1.807) is 32.4 Å². The Morgan fingerprint density at radius 3 is 2.64 bits per heavy atom. The van der Waals surface area contributed by atoms with Gasteiger partial charge in [-0.25, -0.2) is 4.39 Å². The van der Waals surface area contributed by atoms with Crippen molar-refractivity contribution in [2.45, 2.75) is 6.42 Å². The van der Waals surface area contributed by atoms with Crippen LogP contribution in [0.3, 0.4) is 0 Å². The molecule has 0 aromatic heterocycles. The highest BCUT2D eigenvalue weighted by Gasteiger charge is 2.09. The van der Waals surface area contributed by atoms with E-state index >= 15 is 0 Å². The number of methoxy groups -OCH3 is 1. The molecule has 0 atom stereocenters. The molecule has 0 unspecified atom stereocenters. The van der Waals surface area contributed by atoms with E-state index in [9.17, 15) is 14.0 Å². The van der Waals surface area contributed by atoms with Gasteiger partial charge in [0.15, 0.2) is 0 Å². The van der Waals surface area contributed by atoms with E-state index in [2.05, 4.69) is 5.32 Å². The average Bonchev–Trinajstić information content (AvgIpc) is 2.50. The van der Waals surface area contributed by atoms with Crippen molar-refractivity contribution < 1.29 is 18.7 Å². The van der Waals surface area contributed by atoms with E-state index in [0.29, 0.717) is 18.7 Å². The molecule has 0 fully saturated rings. The molecular weight excluding hydrogens is 287 g/mol. The molecule has 0 saturated carbocycles. The monoisotopic (exact) mass is 308 g/mol. The van der Waals surface area contributed by atoms with Gasteiger partial charge in [0.1, 0.15) is 5.82 Å². The maximum atomic E-state index is 12.8. The van der Waals surface area contributed by atoms with Crippen molar-refractivity contribution in [1.82, 2.24) is 10.2 Å². The van der Waals surface area contributed by atoms with Crippen LogP contribution in [0.1, 0.15) is 12.0 Å². The third-order valence-corrected chi connectivity index (χ3v) is 2.89. The lowest BCUT2D eigenvalue weighted by Crippen LogP contribution is -2.38. The van der Waals surface area contributed by atoms with Gasteiger partial charge in [-0.15, -0.1) is 0 Å². The van der Waals surface area contributed by atoms with Crippen LogP contribution in [0.5, 0.6) is 0 Å². The third-order valence-electron chi connectivity index (χ3n) is 2.89. The second kappa shape index (κ2) is 9.68. The Labute approximate surface area is 129 Å². The Hall–Kier alpha value is -2.21. The van der Waals surface area contributed by atoms with Gasteiger partial charge in [-0.3, -0.25) is 9.59 Å². The van der Waals surface area contributed by atoms with E-state index in [1.807, 2.05) is 0 Å². The van der Waals surface area contributed by atoms with E-state index in [4.69, 9.17) is 4.74 Å². The Morgan fingerprint density at radius 1 is 1.32 bits per heavy atom. The zero-order chi connectivity index (χ0) is 16.4. The first-order chi connectivity index (χ1) is 10.5. The van der Waals surface area contributed by atoms with Gasteiger partial charge >= 0.3 is 0 Å². The summed E-state index contributed by atoms with van der Waals surface area (Å²) >= 11 is 0. The Bertz CT molecular complexity index is 515. The largest absolute Gasteiger partial charge is 0.385 e. The zero-order valence-electron chi connectivity index (χ0n) is 12.8. The lowest BCUT2D eigenvalue weighted by Gasteiger charge is -2.14. The minimum Gasteiger partial charge on any atom is -0.385 e. The van der Waals surface area contributed by atoms with Crippen molar-refractivity contribution in [3.8, 4) is 0 Å². The molecule has 0 aliphatic rings. The molecule has 6 heteroatoms. The van der Waals surface area contributed by atoms with Gasteiger partial charge in [-0.2, -0.15) is 0 Å². The molecule has 120 valence electrons. The minimum absolute atomic E-state index is 0.0143. The topological polar surface area (TPSA) is 58.6 Å². The van der Waals surface area contributed by atoms with Crippen LogP contribution in [-0.4, -0.2) is 50.6 Å². The zero-order valence-corrected chi connectivity index (χ0v) is 12.8. The quantitative estimate of drug-likeness (QED) is 0.584. The van der Waals surface area contributed by atoms with E-state index in [1.165, 1.54) is 23.1 Å². The van der Waals surface area contributed by atoms with Gasteiger partial charge in [0, 0.05) is 33.4 Å². The number of amides is 2. The maximum Gasteiger partial charge on any atom is 0.246 e. The predicted molar refractivity (Wildman–Crippen MR) is 82.6 cm³/mol. The summed E-state index contributed by atoms with van der Waals surface area (Å²) in [5.74, 6) is -0.843. The van der Waals surface area contributed by atoms with Gasteiger partial charge in [0.05, 0.1) is 6.54 Å². The van der Waals surface area contributed by atoms with Crippen molar-refractivity contribution in [1.29, 1.82) is 0 Å². The standard InChI is InChI=1S/C16H21FN2O3/c1-19(12-15(20)18-10-3-11-22-2)16(21)9-6-13-4-7-14(17)8-5-13/h4-9H,3,10-12H2,1-2H3,(H,18,20)/b9-6+. The summed E-state index contributed by atoms with van der Waals surface area (Å²) < 4.78 is 17.6. The fourth-order valence-corrected chi connectivity index (χ4v) is 1.66.